The highest BCUT2D eigenvalue weighted by atomic mass is 35.5. The molecular formula is C29H36ClF3N2O3. The summed E-state index contributed by atoms with van der Waals surface area (Å²) in [5, 5.41) is 2.49. The van der Waals surface area contributed by atoms with Crippen molar-refractivity contribution in [2.24, 2.45) is 0 Å². The summed E-state index contributed by atoms with van der Waals surface area (Å²) in [4.78, 5) is 27.2. The van der Waals surface area contributed by atoms with Gasteiger partial charge in [0, 0.05) is 19.2 Å². The third-order valence-corrected chi connectivity index (χ3v) is 6.28. The van der Waals surface area contributed by atoms with Crippen molar-refractivity contribution < 1.29 is 27.5 Å². The van der Waals surface area contributed by atoms with E-state index in [2.05, 4.69) is 24.1 Å². The zero-order valence-electron chi connectivity index (χ0n) is 22.4. The first-order valence-electron chi connectivity index (χ1n) is 12.9. The Morgan fingerprint density at radius 3 is 2.26 bits per heavy atom. The van der Waals surface area contributed by atoms with Gasteiger partial charge in [-0.1, -0.05) is 50.4 Å². The molecule has 2 rings (SSSR count). The fourth-order valence-corrected chi connectivity index (χ4v) is 4.16. The van der Waals surface area contributed by atoms with Crippen molar-refractivity contribution in [2.75, 3.05) is 29.9 Å². The summed E-state index contributed by atoms with van der Waals surface area (Å²) in [6.07, 6.45) is 0.446. The largest absolute Gasteiger partial charge is 0.463 e. The van der Waals surface area contributed by atoms with Gasteiger partial charge in [-0.05, 0) is 67.7 Å². The van der Waals surface area contributed by atoms with Gasteiger partial charge in [0.15, 0.2) is 0 Å². The Hall–Kier alpha value is -3.00. The van der Waals surface area contributed by atoms with E-state index in [0.29, 0.717) is 16.8 Å². The highest BCUT2D eigenvalue weighted by Gasteiger charge is 2.33. The summed E-state index contributed by atoms with van der Waals surface area (Å²) >= 11 is 5.72. The van der Waals surface area contributed by atoms with Crippen LogP contribution in [0.4, 0.5) is 24.5 Å². The summed E-state index contributed by atoms with van der Waals surface area (Å²) in [6.45, 7) is 9.56. The average molecular weight is 553 g/mol. The molecule has 0 aliphatic carbocycles. The van der Waals surface area contributed by atoms with Crippen molar-refractivity contribution in [2.45, 2.75) is 66.0 Å². The second-order valence-corrected chi connectivity index (χ2v) is 9.45. The minimum atomic E-state index is -4.62. The van der Waals surface area contributed by atoms with E-state index in [0.717, 1.165) is 56.6 Å². The molecule has 1 amide bonds. The molecule has 0 aromatic heterocycles. The Kier molecular flexibility index (Phi) is 12.2. The molecule has 208 valence electrons. The van der Waals surface area contributed by atoms with Crippen LogP contribution in [0.2, 0.25) is 5.02 Å². The van der Waals surface area contributed by atoms with Gasteiger partial charge >= 0.3 is 12.1 Å². The summed E-state index contributed by atoms with van der Waals surface area (Å²) in [5.41, 5.74) is 1.95. The van der Waals surface area contributed by atoms with Gasteiger partial charge in [-0.25, -0.2) is 4.79 Å². The maximum absolute atomic E-state index is 13.3. The minimum Gasteiger partial charge on any atom is -0.463 e. The number of amides is 1. The summed E-state index contributed by atoms with van der Waals surface area (Å²) in [7, 11) is 0. The lowest BCUT2D eigenvalue weighted by Crippen LogP contribution is -2.27. The van der Waals surface area contributed by atoms with Crippen LogP contribution in [0.5, 0.6) is 0 Å². The molecule has 0 spiro atoms. The monoisotopic (exact) mass is 552 g/mol. The smallest absolute Gasteiger partial charge is 0.417 e. The first kappa shape index (κ1) is 31.2. The number of alkyl halides is 3. The SMILES string of the molecule is CCCCN(CCCC)c1ccc(/C(C)=C/C(=O)OCC)cc1NC(=O)Cc1ccc(Cl)c(C(F)(F)F)c1. The molecule has 0 unspecified atom stereocenters. The van der Waals surface area contributed by atoms with Gasteiger partial charge in [0.25, 0.3) is 0 Å². The van der Waals surface area contributed by atoms with Crippen LogP contribution < -0.4 is 10.2 Å². The second kappa shape index (κ2) is 14.8. The number of halogens is 4. The van der Waals surface area contributed by atoms with Crippen LogP contribution >= 0.6 is 11.6 Å². The lowest BCUT2D eigenvalue weighted by Gasteiger charge is -2.28. The zero-order chi connectivity index (χ0) is 28.3. The van der Waals surface area contributed by atoms with Gasteiger partial charge in [-0.3, -0.25) is 4.79 Å². The van der Waals surface area contributed by atoms with Crippen molar-refractivity contribution in [1.82, 2.24) is 0 Å². The van der Waals surface area contributed by atoms with Crippen LogP contribution in [0, 0.1) is 0 Å². The zero-order valence-corrected chi connectivity index (χ0v) is 23.1. The molecule has 1 N–H and O–H groups in total. The van der Waals surface area contributed by atoms with Crippen molar-refractivity contribution in [1.29, 1.82) is 0 Å². The number of unbranched alkanes of at least 4 members (excludes halogenated alkanes) is 2. The number of carbonyl (C=O) groups excluding carboxylic acids is 2. The van der Waals surface area contributed by atoms with E-state index in [1.54, 1.807) is 19.9 Å². The number of anilines is 2. The van der Waals surface area contributed by atoms with Crippen LogP contribution in [0.3, 0.4) is 0 Å². The van der Waals surface area contributed by atoms with Gasteiger partial charge in [0.1, 0.15) is 0 Å². The average Bonchev–Trinajstić information content (AvgIpc) is 2.85. The molecule has 0 bridgehead atoms. The number of rotatable bonds is 13. The quantitative estimate of drug-likeness (QED) is 0.202. The lowest BCUT2D eigenvalue weighted by molar-refractivity contribution is -0.138. The van der Waals surface area contributed by atoms with Crippen molar-refractivity contribution in [3.63, 3.8) is 0 Å². The molecule has 0 aliphatic heterocycles. The number of nitrogens with one attached hydrogen (secondary N) is 1. The molecule has 2 aromatic carbocycles. The number of hydrogen-bond donors (Lipinski definition) is 1. The Balaban J connectivity index is 2.43. The maximum atomic E-state index is 13.3. The molecule has 0 atom stereocenters. The number of allylic oxidation sites excluding steroid dienone is 1. The van der Waals surface area contributed by atoms with Crippen molar-refractivity contribution in [3.8, 4) is 0 Å². The third kappa shape index (κ3) is 9.39. The van der Waals surface area contributed by atoms with Crippen molar-refractivity contribution >= 4 is 40.4 Å². The summed E-state index contributed by atoms with van der Waals surface area (Å²) in [6, 6.07) is 9.04. The van der Waals surface area contributed by atoms with E-state index in [4.69, 9.17) is 16.3 Å². The van der Waals surface area contributed by atoms with Crippen LogP contribution in [0.15, 0.2) is 42.5 Å². The standard InChI is InChI=1S/C29H36ClF3N2O3/c1-5-8-14-35(15-9-6-2)26-13-11-22(20(4)16-28(37)38-7-3)19-25(26)34-27(36)18-21-10-12-24(30)23(17-21)29(31,32)33/h10-13,16-17,19H,5-9,14-15,18H2,1-4H3,(H,34,36)/b20-16+. The number of esters is 1. The third-order valence-electron chi connectivity index (χ3n) is 5.95. The highest BCUT2D eigenvalue weighted by Crippen LogP contribution is 2.35. The molecule has 2 aromatic rings. The van der Waals surface area contributed by atoms with Gasteiger partial charge in [-0.2, -0.15) is 13.2 Å². The van der Waals surface area contributed by atoms with Crippen LogP contribution in [0.25, 0.3) is 5.57 Å². The molecule has 0 fully saturated rings. The molecule has 5 nitrogen and oxygen atoms in total. The summed E-state index contributed by atoms with van der Waals surface area (Å²) < 4.78 is 44.9. The van der Waals surface area contributed by atoms with E-state index in [-0.39, 0.29) is 18.6 Å². The first-order valence-corrected chi connectivity index (χ1v) is 13.3. The minimum absolute atomic E-state index is 0.198. The maximum Gasteiger partial charge on any atom is 0.417 e. The normalized spacial score (nSPS) is 11.8. The van der Waals surface area contributed by atoms with E-state index >= 15 is 0 Å². The van der Waals surface area contributed by atoms with E-state index < -0.39 is 28.6 Å². The molecule has 0 saturated carbocycles. The molecule has 0 heterocycles. The fraction of sp³-hybridized carbons (Fsp3) is 0.448. The van der Waals surface area contributed by atoms with Gasteiger partial charge < -0.3 is 15.0 Å². The Labute approximate surface area is 228 Å². The number of hydrogen-bond acceptors (Lipinski definition) is 4. The van der Waals surface area contributed by atoms with E-state index in [1.807, 2.05) is 12.1 Å². The van der Waals surface area contributed by atoms with Gasteiger partial charge in [-0.15, -0.1) is 0 Å². The summed E-state index contributed by atoms with van der Waals surface area (Å²) in [5.74, 6) is -0.924. The Morgan fingerprint density at radius 1 is 1.03 bits per heavy atom. The van der Waals surface area contributed by atoms with Crippen molar-refractivity contribution in [3.05, 3.63) is 64.2 Å². The molecule has 9 heteroatoms. The van der Waals surface area contributed by atoms with E-state index in [9.17, 15) is 22.8 Å². The van der Waals surface area contributed by atoms with Crippen LogP contribution in [-0.4, -0.2) is 31.6 Å². The Bertz CT molecular complexity index is 1120. The molecule has 0 radical (unpaired) electrons. The Morgan fingerprint density at radius 2 is 1.68 bits per heavy atom. The van der Waals surface area contributed by atoms with E-state index in [1.165, 1.54) is 12.1 Å². The second-order valence-electron chi connectivity index (χ2n) is 9.04. The first-order chi connectivity index (χ1) is 18.0. The van der Waals surface area contributed by atoms with Gasteiger partial charge in [0.05, 0.1) is 35.0 Å². The predicted molar refractivity (Wildman–Crippen MR) is 148 cm³/mol. The van der Waals surface area contributed by atoms with Crippen LogP contribution in [0.1, 0.15) is 70.1 Å². The molecule has 38 heavy (non-hydrogen) atoms. The van der Waals surface area contributed by atoms with Gasteiger partial charge in [0.2, 0.25) is 5.91 Å². The number of carbonyl (C=O) groups is 2. The highest BCUT2D eigenvalue weighted by molar-refractivity contribution is 6.31. The predicted octanol–water partition coefficient (Wildman–Crippen LogP) is 7.91. The lowest BCUT2D eigenvalue weighted by atomic mass is 10.0. The number of nitrogens with zero attached hydrogens (tertiary/aromatic N) is 1. The number of benzene rings is 2. The fourth-order valence-electron chi connectivity index (χ4n) is 3.93. The number of ether oxygens (including phenoxy) is 1. The topological polar surface area (TPSA) is 58.6 Å². The molecule has 0 aliphatic rings. The molecular weight excluding hydrogens is 517 g/mol. The molecule has 0 saturated heterocycles. The van der Waals surface area contributed by atoms with Crippen LogP contribution in [-0.2, 0) is 26.9 Å².